The van der Waals surface area contributed by atoms with Crippen molar-refractivity contribution in [3.05, 3.63) is 11.8 Å². The summed E-state index contributed by atoms with van der Waals surface area (Å²) in [4.78, 5) is 0. The zero-order valence-electron chi connectivity index (χ0n) is 5.35. The van der Waals surface area contributed by atoms with E-state index < -0.39 is 0 Å². The first-order valence-corrected chi connectivity index (χ1v) is 3.23. The summed E-state index contributed by atoms with van der Waals surface area (Å²) in [7, 11) is 0. The van der Waals surface area contributed by atoms with Crippen molar-refractivity contribution in [3.8, 4) is 0 Å². The van der Waals surface area contributed by atoms with Crippen LogP contribution in [0, 0.1) is 5.92 Å². The van der Waals surface area contributed by atoms with E-state index in [9.17, 15) is 0 Å². The van der Waals surface area contributed by atoms with Gasteiger partial charge < -0.3 is 5.73 Å². The molecule has 1 nitrogen and oxygen atoms in total. The van der Waals surface area contributed by atoms with Gasteiger partial charge in [0, 0.05) is 5.70 Å². The van der Waals surface area contributed by atoms with Crippen LogP contribution in [0.5, 0.6) is 0 Å². The van der Waals surface area contributed by atoms with E-state index in [0.29, 0.717) is 0 Å². The zero-order chi connectivity index (χ0) is 5.98. The second-order valence-corrected chi connectivity index (χ2v) is 2.66. The Hall–Kier alpha value is -0.460. The van der Waals surface area contributed by atoms with Crippen LogP contribution in [0.1, 0.15) is 26.2 Å². The molecule has 0 spiro atoms. The summed E-state index contributed by atoms with van der Waals surface area (Å²) in [5, 5.41) is 0. The first-order chi connectivity index (χ1) is 3.79. The Morgan fingerprint density at radius 3 is 2.88 bits per heavy atom. The summed E-state index contributed by atoms with van der Waals surface area (Å²) < 4.78 is 0. The van der Waals surface area contributed by atoms with Crippen molar-refractivity contribution in [1.29, 1.82) is 0 Å². The SMILES string of the molecule is C[C@@H]1CC=C(N)CC1. The van der Waals surface area contributed by atoms with Crippen LogP contribution in [-0.2, 0) is 0 Å². The molecule has 2 N–H and O–H groups in total. The minimum atomic E-state index is 0.863. The van der Waals surface area contributed by atoms with E-state index in [2.05, 4.69) is 13.0 Å². The van der Waals surface area contributed by atoms with Gasteiger partial charge in [-0.25, -0.2) is 0 Å². The maximum absolute atomic E-state index is 5.56. The highest BCUT2D eigenvalue weighted by Gasteiger charge is 2.05. The van der Waals surface area contributed by atoms with Gasteiger partial charge in [0.1, 0.15) is 0 Å². The van der Waals surface area contributed by atoms with Crippen LogP contribution in [-0.4, -0.2) is 0 Å². The number of allylic oxidation sites excluding steroid dienone is 2. The zero-order valence-corrected chi connectivity index (χ0v) is 5.35. The fourth-order valence-corrected chi connectivity index (χ4v) is 0.986. The lowest BCUT2D eigenvalue weighted by Gasteiger charge is -2.14. The number of nitrogens with two attached hydrogens (primary N) is 1. The van der Waals surface area contributed by atoms with Crippen molar-refractivity contribution in [2.24, 2.45) is 11.7 Å². The van der Waals surface area contributed by atoms with Gasteiger partial charge in [-0.2, -0.15) is 0 Å². The molecule has 8 heavy (non-hydrogen) atoms. The van der Waals surface area contributed by atoms with Crippen molar-refractivity contribution >= 4 is 0 Å². The Balaban J connectivity index is 2.42. The summed E-state index contributed by atoms with van der Waals surface area (Å²) in [6, 6.07) is 0. The van der Waals surface area contributed by atoms with Gasteiger partial charge in [-0.05, 0) is 25.2 Å². The number of hydrogen-bond acceptors (Lipinski definition) is 1. The molecule has 1 rings (SSSR count). The predicted molar refractivity (Wildman–Crippen MR) is 35.3 cm³/mol. The molecule has 0 saturated heterocycles. The summed E-state index contributed by atoms with van der Waals surface area (Å²) in [6.45, 7) is 2.27. The minimum absolute atomic E-state index is 0.863. The number of hydrogen-bond donors (Lipinski definition) is 1. The van der Waals surface area contributed by atoms with Gasteiger partial charge in [-0.15, -0.1) is 0 Å². The molecule has 1 atom stereocenters. The quantitative estimate of drug-likeness (QED) is 0.505. The second kappa shape index (κ2) is 2.21. The van der Waals surface area contributed by atoms with Crippen LogP contribution in [0.2, 0.25) is 0 Å². The van der Waals surface area contributed by atoms with E-state index in [0.717, 1.165) is 18.0 Å². The average molecular weight is 111 g/mol. The lowest BCUT2D eigenvalue weighted by molar-refractivity contribution is 0.512. The lowest BCUT2D eigenvalue weighted by Crippen LogP contribution is -2.06. The predicted octanol–water partition coefficient (Wildman–Crippen LogP) is 1.65. The van der Waals surface area contributed by atoms with Gasteiger partial charge in [0.05, 0.1) is 0 Å². The smallest absolute Gasteiger partial charge is 0.00401 e. The molecule has 1 heteroatoms. The summed E-state index contributed by atoms with van der Waals surface area (Å²) >= 11 is 0. The van der Waals surface area contributed by atoms with Gasteiger partial charge in [0.15, 0.2) is 0 Å². The van der Waals surface area contributed by atoms with E-state index >= 15 is 0 Å². The van der Waals surface area contributed by atoms with Gasteiger partial charge >= 0.3 is 0 Å². The highest BCUT2D eigenvalue weighted by Crippen LogP contribution is 2.19. The van der Waals surface area contributed by atoms with Crippen molar-refractivity contribution < 1.29 is 0 Å². The van der Waals surface area contributed by atoms with E-state index in [-0.39, 0.29) is 0 Å². The van der Waals surface area contributed by atoms with Crippen LogP contribution in [0.3, 0.4) is 0 Å². The van der Waals surface area contributed by atoms with Crippen molar-refractivity contribution in [2.45, 2.75) is 26.2 Å². The second-order valence-electron chi connectivity index (χ2n) is 2.66. The Kier molecular flexibility index (Phi) is 1.56. The van der Waals surface area contributed by atoms with Gasteiger partial charge in [0.2, 0.25) is 0 Å². The maximum atomic E-state index is 5.56. The maximum Gasteiger partial charge on any atom is 0.00401 e. The molecule has 0 fully saturated rings. The van der Waals surface area contributed by atoms with Gasteiger partial charge in [-0.3, -0.25) is 0 Å². The lowest BCUT2D eigenvalue weighted by atomic mass is 9.95. The van der Waals surface area contributed by atoms with Crippen molar-refractivity contribution in [2.75, 3.05) is 0 Å². The van der Waals surface area contributed by atoms with E-state index in [1.807, 2.05) is 0 Å². The fourth-order valence-electron chi connectivity index (χ4n) is 0.986. The molecule has 1 aliphatic carbocycles. The van der Waals surface area contributed by atoms with Crippen LogP contribution in [0.4, 0.5) is 0 Å². The Bertz CT molecular complexity index is 105. The molecule has 0 bridgehead atoms. The molecule has 0 aromatic heterocycles. The molecule has 0 heterocycles. The minimum Gasteiger partial charge on any atom is -0.402 e. The molecular formula is C7H13N. The highest BCUT2D eigenvalue weighted by molar-refractivity contribution is 5.00. The molecule has 0 radical (unpaired) electrons. The number of rotatable bonds is 0. The largest absolute Gasteiger partial charge is 0.402 e. The normalized spacial score (nSPS) is 29.6. The van der Waals surface area contributed by atoms with E-state index in [1.165, 1.54) is 12.8 Å². The van der Waals surface area contributed by atoms with Crippen LogP contribution < -0.4 is 5.73 Å². The molecule has 0 amide bonds. The Morgan fingerprint density at radius 1 is 1.75 bits per heavy atom. The molecule has 46 valence electrons. The van der Waals surface area contributed by atoms with E-state index in [1.54, 1.807) is 0 Å². The first kappa shape index (κ1) is 5.67. The van der Waals surface area contributed by atoms with Gasteiger partial charge in [-0.1, -0.05) is 13.0 Å². The monoisotopic (exact) mass is 111 g/mol. The first-order valence-electron chi connectivity index (χ1n) is 3.23. The highest BCUT2D eigenvalue weighted by atomic mass is 14.6. The topological polar surface area (TPSA) is 26.0 Å². The molecule has 0 saturated carbocycles. The van der Waals surface area contributed by atoms with E-state index in [4.69, 9.17) is 5.73 Å². The molecule has 0 aromatic rings. The average Bonchev–Trinajstić information content (AvgIpc) is 1.77. The summed E-state index contributed by atoms with van der Waals surface area (Å²) in [5.74, 6) is 0.863. The van der Waals surface area contributed by atoms with Crippen molar-refractivity contribution in [1.82, 2.24) is 0 Å². The molecule has 1 aliphatic rings. The molecular weight excluding hydrogens is 98.1 g/mol. The third-order valence-electron chi connectivity index (χ3n) is 1.71. The third kappa shape index (κ3) is 1.25. The third-order valence-corrected chi connectivity index (χ3v) is 1.71. The molecule has 0 aromatic carbocycles. The Morgan fingerprint density at radius 2 is 2.50 bits per heavy atom. The summed E-state index contributed by atoms with van der Waals surface area (Å²) in [5.41, 5.74) is 6.64. The van der Waals surface area contributed by atoms with Crippen LogP contribution in [0.15, 0.2) is 11.8 Å². The standard InChI is InChI=1S/C7H13N/c1-6-2-4-7(8)5-3-6/h4,6H,2-3,5,8H2,1H3/t6-/m1/s1. The van der Waals surface area contributed by atoms with Crippen LogP contribution >= 0.6 is 0 Å². The Labute approximate surface area is 50.6 Å². The van der Waals surface area contributed by atoms with Crippen molar-refractivity contribution in [3.63, 3.8) is 0 Å². The van der Waals surface area contributed by atoms with Gasteiger partial charge in [0.25, 0.3) is 0 Å². The van der Waals surface area contributed by atoms with Crippen LogP contribution in [0.25, 0.3) is 0 Å². The fraction of sp³-hybridized carbons (Fsp3) is 0.714. The molecule has 0 unspecified atom stereocenters. The summed E-state index contributed by atoms with van der Waals surface area (Å²) in [6.07, 6.45) is 5.73. The molecule has 0 aliphatic heterocycles.